The second-order valence-electron chi connectivity index (χ2n) is 8.70. The molecule has 4 aromatic rings. The summed E-state index contributed by atoms with van der Waals surface area (Å²) in [5.74, 6) is 0.262. The Balaban J connectivity index is 1.29. The molecule has 2 aromatic heterocycles. The number of carbonyl (C=O) groups is 1. The van der Waals surface area contributed by atoms with E-state index in [1.54, 1.807) is 21.7 Å². The van der Waals surface area contributed by atoms with Crippen molar-refractivity contribution >= 4 is 22.9 Å². The van der Waals surface area contributed by atoms with Crippen LogP contribution in [0.5, 0.6) is 0 Å². The fourth-order valence-electron chi connectivity index (χ4n) is 4.45. The molecule has 0 aliphatic carbocycles. The number of likely N-dealkylation sites (tertiary alicyclic amines) is 1. The Bertz CT molecular complexity index is 1410. The van der Waals surface area contributed by atoms with Crippen LogP contribution in [0.1, 0.15) is 42.6 Å². The number of halogens is 1. The molecule has 180 valence electrons. The molecular formula is C25H26FN7O2. The summed E-state index contributed by atoms with van der Waals surface area (Å²) < 4.78 is 14.8. The number of nitrogens with zero attached hydrogens (tertiary/aromatic N) is 5. The summed E-state index contributed by atoms with van der Waals surface area (Å²) in [6.45, 7) is 3.49. The normalized spacial score (nSPS) is 14.4. The predicted octanol–water partition coefficient (Wildman–Crippen LogP) is 3.68. The van der Waals surface area contributed by atoms with Crippen molar-refractivity contribution in [2.24, 2.45) is 0 Å². The molecule has 0 saturated carbocycles. The third-order valence-electron chi connectivity index (χ3n) is 6.45. The molecule has 2 N–H and O–H groups in total. The monoisotopic (exact) mass is 475 g/mol. The number of fused-ring (bicyclic) bond motifs is 1. The van der Waals surface area contributed by atoms with Crippen molar-refractivity contribution < 1.29 is 9.18 Å². The van der Waals surface area contributed by atoms with Gasteiger partial charge in [-0.15, -0.1) is 5.10 Å². The topological polar surface area (TPSA) is 109 Å². The molecule has 0 atom stereocenters. The van der Waals surface area contributed by atoms with Crippen LogP contribution in [-0.2, 0) is 13.0 Å². The highest BCUT2D eigenvalue weighted by Gasteiger charge is 2.27. The van der Waals surface area contributed by atoms with Crippen molar-refractivity contribution in [3.05, 3.63) is 81.7 Å². The number of piperidine rings is 1. The number of rotatable bonds is 5. The maximum absolute atomic E-state index is 13.2. The first-order chi connectivity index (χ1) is 17.0. The zero-order chi connectivity index (χ0) is 24.4. The molecule has 0 radical (unpaired) electrons. The Morgan fingerprint density at radius 2 is 1.89 bits per heavy atom. The zero-order valence-electron chi connectivity index (χ0n) is 19.4. The lowest BCUT2D eigenvalue weighted by molar-refractivity contribution is 0.193. The SMILES string of the molecule is CCc1ccccc1NC(=O)N1CCC(c2nc3c(nnn3Cc3ccc(F)cc3)c(=O)[nH]2)CC1. The van der Waals surface area contributed by atoms with E-state index in [2.05, 4.69) is 32.5 Å². The summed E-state index contributed by atoms with van der Waals surface area (Å²) in [4.78, 5) is 34.8. The second kappa shape index (κ2) is 9.65. The van der Waals surface area contributed by atoms with Gasteiger partial charge in [-0.3, -0.25) is 4.79 Å². The van der Waals surface area contributed by atoms with Crippen molar-refractivity contribution in [3.8, 4) is 0 Å². The molecule has 0 unspecified atom stereocenters. The third kappa shape index (κ3) is 4.77. The number of hydrogen-bond acceptors (Lipinski definition) is 5. The van der Waals surface area contributed by atoms with E-state index in [1.807, 2.05) is 24.3 Å². The zero-order valence-corrected chi connectivity index (χ0v) is 19.4. The van der Waals surface area contributed by atoms with E-state index in [-0.39, 0.29) is 28.8 Å². The van der Waals surface area contributed by atoms with E-state index in [4.69, 9.17) is 0 Å². The first-order valence-electron chi connectivity index (χ1n) is 11.7. The fraction of sp³-hybridized carbons (Fsp3) is 0.320. The van der Waals surface area contributed by atoms with Crippen LogP contribution in [0.25, 0.3) is 11.2 Å². The lowest BCUT2D eigenvalue weighted by Gasteiger charge is -2.31. The van der Waals surface area contributed by atoms with Gasteiger partial charge in [-0.1, -0.05) is 42.5 Å². The lowest BCUT2D eigenvalue weighted by Crippen LogP contribution is -2.41. The first kappa shape index (κ1) is 22.7. The van der Waals surface area contributed by atoms with Crippen molar-refractivity contribution in [2.45, 2.75) is 38.6 Å². The average Bonchev–Trinajstić information content (AvgIpc) is 3.29. The largest absolute Gasteiger partial charge is 0.324 e. The van der Waals surface area contributed by atoms with Gasteiger partial charge >= 0.3 is 6.03 Å². The number of anilines is 1. The maximum Gasteiger partial charge on any atom is 0.321 e. The van der Waals surface area contributed by atoms with Crippen molar-refractivity contribution in [1.82, 2.24) is 29.9 Å². The van der Waals surface area contributed by atoms with Crippen LogP contribution in [0.2, 0.25) is 0 Å². The molecule has 0 bridgehead atoms. The van der Waals surface area contributed by atoms with Crippen LogP contribution in [0.4, 0.5) is 14.9 Å². The number of hydrogen-bond donors (Lipinski definition) is 2. The van der Waals surface area contributed by atoms with E-state index >= 15 is 0 Å². The number of aromatic nitrogens is 5. The Hall–Kier alpha value is -4.08. The molecule has 2 amide bonds. The van der Waals surface area contributed by atoms with Gasteiger partial charge in [0.1, 0.15) is 11.6 Å². The molecule has 1 aliphatic heterocycles. The minimum atomic E-state index is -0.341. The van der Waals surface area contributed by atoms with Gasteiger partial charge in [-0.25, -0.2) is 18.9 Å². The molecule has 2 aromatic carbocycles. The Kier molecular flexibility index (Phi) is 6.26. The summed E-state index contributed by atoms with van der Waals surface area (Å²) in [6.07, 6.45) is 2.19. The van der Waals surface area contributed by atoms with Crippen LogP contribution >= 0.6 is 0 Å². The molecule has 0 spiro atoms. The van der Waals surface area contributed by atoms with Gasteiger partial charge in [-0.05, 0) is 48.6 Å². The molecule has 1 saturated heterocycles. The van der Waals surface area contributed by atoms with Gasteiger partial charge in [-0.2, -0.15) is 0 Å². The summed E-state index contributed by atoms with van der Waals surface area (Å²) in [5.41, 5.74) is 2.97. The number of carbonyl (C=O) groups excluding carboxylic acids is 1. The van der Waals surface area contributed by atoms with Gasteiger partial charge in [0.25, 0.3) is 5.56 Å². The maximum atomic E-state index is 13.2. The molecule has 35 heavy (non-hydrogen) atoms. The summed E-state index contributed by atoms with van der Waals surface area (Å²) in [5, 5.41) is 11.1. The van der Waals surface area contributed by atoms with Crippen LogP contribution in [0, 0.1) is 5.82 Å². The quantitative estimate of drug-likeness (QED) is 0.458. The summed E-state index contributed by atoms with van der Waals surface area (Å²) >= 11 is 0. The van der Waals surface area contributed by atoms with Gasteiger partial charge in [0.15, 0.2) is 11.2 Å². The molecule has 9 nitrogen and oxygen atoms in total. The molecular weight excluding hydrogens is 449 g/mol. The Labute approximate surface area is 201 Å². The average molecular weight is 476 g/mol. The number of nitrogens with one attached hydrogen (secondary N) is 2. The molecule has 3 heterocycles. The third-order valence-corrected chi connectivity index (χ3v) is 6.45. The number of para-hydroxylation sites is 1. The van der Waals surface area contributed by atoms with Crippen LogP contribution in [0.3, 0.4) is 0 Å². The van der Waals surface area contributed by atoms with Crippen LogP contribution < -0.4 is 10.9 Å². The summed E-state index contributed by atoms with van der Waals surface area (Å²) in [6, 6.07) is 13.8. The number of aryl methyl sites for hydroxylation is 1. The van der Waals surface area contributed by atoms with E-state index < -0.39 is 0 Å². The number of benzene rings is 2. The minimum absolute atomic E-state index is 0.00764. The lowest BCUT2D eigenvalue weighted by atomic mass is 9.96. The highest BCUT2D eigenvalue weighted by atomic mass is 19.1. The molecule has 1 fully saturated rings. The number of aromatic amines is 1. The minimum Gasteiger partial charge on any atom is -0.324 e. The number of amides is 2. The van der Waals surface area contributed by atoms with E-state index in [0.29, 0.717) is 43.9 Å². The van der Waals surface area contributed by atoms with Gasteiger partial charge < -0.3 is 15.2 Å². The Morgan fingerprint density at radius 3 is 2.63 bits per heavy atom. The number of urea groups is 1. The Morgan fingerprint density at radius 1 is 1.14 bits per heavy atom. The smallest absolute Gasteiger partial charge is 0.321 e. The molecule has 10 heteroatoms. The summed E-state index contributed by atoms with van der Waals surface area (Å²) in [7, 11) is 0. The first-order valence-corrected chi connectivity index (χ1v) is 11.7. The highest BCUT2D eigenvalue weighted by Crippen LogP contribution is 2.26. The van der Waals surface area contributed by atoms with Crippen LogP contribution in [0.15, 0.2) is 53.3 Å². The van der Waals surface area contributed by atoms with E-state index in [0.717, 1.165) is 23.2 Å². The fourth-order valence-corrected chi connectivity index (χ4v) is 4.45. The van der Waals surface area contributed by atoms with Gasteiger partial charge in [0.2, 0.25) is 0 Å². The van der Waals surface area contributed by atoms with E-state index in [1.165, 1.54) is 12.1 Å². The van der Waals surface area contributed by atoms with E-state index in [9.17, 15) is 14.0 Å². The van der Waals surface area contributed by atoms with Gasteiger partial charge in [0, 0.05) is 24.7 Å². The highest BCUT2D eigenvalue weighted by molar-refractivity contribution is 5.90. The van der Waals surface area contributed by atoms with Crippen molar-refractivity contribution in [1.29, 1.82) is 0 Å². The molecule has 1 aliphatic rings. The second-order valence-corrected chi connectivity index (χ2v) is 8.70. The van der Waals surface area contributed by atoms with Crippen molar-refractivity contribution in [2.75, 3.05) is 18.4 Å². The van der Waals surface area contributed by atoms with Crippen LogP contribution in [-0.4, -0.2) is 49.0 Å². The predicted molar refractivity (Wildman–Crippen MR) is 130 cm³/mol. The molecule has 5 rings (SSSR count). The van der Waals surface area contributed by atoms with Gasteiger partial charge in [0.05, 0.1) is 6.54 Å². The standard InChI is InChI=1S/C25H26FN7O2/c1-2-17-5-3-4-6-20(17)27-25(35)32-13-11-18(12-14-32)22-28-23-21(24(34)29-22)30-31-33(23)15-16-7-9-19(26)10-8-16/h3-10,18H,2,11-15H2,1H3,(H,27,35)(H,28,29,34). The number of H-pyrrole nitrogens is 1. The van der Waals surface area contributed by atoms with Crippen molar-refractivity contribution in [3.63, 3.8) is 0 Å².